The van der Waals surface area contributed by atoms with Crippen LogP contribution in [0, 0.1) is 0 Å². The van der Waals surface area contributed by atoms with Crippen LogP contribution in [-0.4, -0.2) is 30.7 Å². The second kappa shape index (κ2) is 4.79. The van der Waals surface area contributed by atoms with E-state index >= 15 is 0 Å². The van der Waals surface area contributed by atoms with Gasteiger partial charge < -0.3 is 9.47 Å². The number of carbonyl (C=O) groups excluding carboxylic acids is 1. The molecule has 0 aliphatic carbocycles. The second-order valence-corrected chi connectivity index (χ2v) is 2.85. The molecule has 0 fully saturated rings. The van der Waals surface area contributed by atoms with Gasteiger partial charge in [0.15, 0.2) is 12.2 Å². The van der Waals surface area contributed by atoms with E-state index in [2.05, 4.69) is 9.47 Å². The van der Waals surface area contributed by atoms with Gasteiger partial charge in [0.25, 0.3) is 0 Å². The lowest BCUT2D eigenvalue weighted by molar-refractivity contribution is -0.223. The lowest BCUT2D eigenvalue weighted by Gasteiger charge is -2.19. The fraction of sp³-hybridized carbons (Fsp3) is 0.857. The van der Waals surface area contributed by atoms with Gasteiger partial charge in [-0.3, -0.25) is 0 Å². The van der Waals surface area contributed by atoms with Crippen molar-refractivity contribution in [2.75, 3.05) is 0 Å². The van der Waals surface area contributed by atoms with Crippen LogP contribution in [0.5, 0.6) is 0 Å². The SMILES string of the molecule is CC(OC(=O)OC(C)C(F)(F)F)C(F)(F)F. The zero-order valence-electron chi connectivity index (χ0n) is 8.15. The van der Waals surface area contributed by atoms with Crippen LogP contribution in [0.25, 0.3) is 0 Å². The highest BCUT2D eigenvalue weighted by Crippen LogP contribution is 2.25. The first kappa shape index (κ1) is 14.8. The molecule has 0 aliphatic heterocycles. The summed E-state index contributed by atoms with van der Waals surface area (Å²) in [7, 11) is 0. The van der Waals surface area contributed by atoms with Crippen molar-refractivity contribution in [1.82, 2.24) is 0 Å². The number of rotatable bonds is 2. The van der Waals surface area contributed by atoms with E-state index in [0.717, 1.165) is 0 Å². The third-order valence-electron chi connectivity index (χ3n) is 1.47. The Morgan fingerprint density at radius 1 is 0.875 bits per heavy atom. The van der Waals surface area contributed by atoms with E-state index in [1.54, 1.807) is 0 Å². The third-order valence-corrected chi connectivity index (χ3v) is 1.47. The monoisotopic (exact) mass is 254 g/mol. The molecule has 0 rings (SSSR count). The van der Waals surface area contributed by atoms with E-state index in [-0.39, 0.29) is 0 Å². The Bertz CT molecular complexity index is 221. The van der Waals surface area contributed by atoms with E-state index in [4.69, 9.17) is 0 Å². The molecule has 0 radical (unpaired) electrons. The Hall–Kier alpha value is -1.15. The van der Waals surface area contributed by atoms with E-state index < -0.39 is 30.7 Å². The molecular weight excluding hydrogens is 246 g/mol. The fourth-order valence-corrected chi connectivity index (χ4v) is 0.450. The molecule has 0 amide bonds. The summed E-state index contributed by atoms with van der Waals surface area (Å²) in [6.45, 7) is 0.943. The van der Waals surface area contributed by atoms with Crippen LogP contribution < -0.4 is 0 Å². The second-order valence-electron chi connectivity index (χ2n) is 2.85. The van der Waals surface area contributed by atoms with Crippen molar-refractivity contribution in [3.8, 4) is 0 Å². The Morgan fingerprint density at radius 2 is 1.12 bits per heavy atom. The average molecular weight is 254 g/mol. The quantitative estimate of drug-likeness (QED) is 0.561. The maximum absolute atomic E-state index is 11.8. The molecule has 0 aromatic heterocycles. The van der Waals surface area contributed by atoms with E-state index in [0.29, 0.717) is 13.8 Å². The zero-order valence-corrected chi connectivity index (χ0v) is 8.15. The normalized spacial score (nSPS) is 16.5. The fourth-order valence-electron chi connectivity index (χ4n) is 0.450. The number of hydrogen-bond acceptors (Lipinski definition) is 3. The smallest absolute Gasteiger partial charge is 0.422 e. The van der Waals surface area contributed by atoms with E-state index in [9.17, 15) is 31.1 Å². The summed E-state index contributed by atoms with van der Waals surface area (Å²) in [5.74, 6) is 0. The van der Waals surface area contributed by atoms with Crippen molar-refractivity contribution in [2.24, 2.45) is 0 Å². The van der Waals surface area contributed by atoms with Crippen LogP contribution in [0.1, 0.15) is 13.8 Å². The predicted molar refractivity (Wildman–Crippen MR) is 38.6 cm³/mol. The van der Waals surface area contributed by atoms with Gasteiger partial charge in [0.1, 0.15) is 0 Å². The standard InChI is InChI=1S/C7H8F6O3/c1-3(6(8,9)10)15-5(14)16-4(2)7(11,12)13/h3-4H,1-2H3. The van der Waals surface area contributed by atoms with Gasteiger partial charge in [-0.15, -0.1) is 0 Å². The molecule has 2 unspecified atom stereocenters. The Balaban J connectivity index is 4.21. The third kappa shape index (κ3) is 5.08. The van der Waals surface area contributed by atoms with Gasteiger partial charge in [0.05, 0.1) is 0 Å². The van der Waals surface area contributed by atoms with Crippen LogP contribution in [0.2, 0.25) is 0 Å². The largest absolute Gasteiger partial charge is 0.509 e. The molecule has 16 heavy (non-hydrogen) atoms. The van der Waals surface area contributed by atoms with E-state index in [1.165, 1.54) is 0 Å². The van der Waals surface area contributed by atoms with Crippen LogP contribution in [-0.2, 0) is 9.47 Å². The molecule has 0 heterocycles. The lowest BCUT2D eigenvalue weighted by atomic mass is 10.4. The van der Waals surface area contributed by atoms with Gasteiger partial charge >= 0.3 is 18.5 Å². The van der Waals surface area contributed by atoms with E-state index in [1.807, 2.05) is 0 Å². The minimum absolute atomic E-state index is 0.472. The number of hydrogen-bond donors (Lipinski definition) is 0. The van der Waals surface area contributed by atoms with Crippen molar-refractivity contribution in [2.45, 2.75) is 38.4 Å². The molecule has 3 nitrogen and oxygen atoms in total. The maximum atomic E-state index is 11.8. The molecular formula is C7H8F6O3. The summed E-state index contributed by atoms with van der Waals surface area (Å²) >= 11 is 0. The summed E-state index contributed by atoms with van der Waals surface area (Å²) in [5.41, 5.74) is 0. The first-order valence-corrected chi connectivity index (χ1v) is 3.95. The van der Waals surface area contributed by atoms with Crippen LogP contribution in [0.15, 0.2) is 0 Å². The minimum Gasteiger partial charge on any atom is -0.422 e. The highest BCUT2D eigenvalue weighted by Gasteiger charge is 2.42. The average Bonchev–Trinajstić information content (AvgIpc) is 1.99. The first-order chi connectivity index (χ1) is 6.94. The molecule has 2 atom stereocenters. The Morgan fingerprint density at radius 3 is 1.31 bits per heavy atom. The van der Waals surface area contributed by atoms with Crippen molar-refractivity contribution < 1.29 is 40.6 Å². The lowest BCUT2D eigenvalue weighted by Crippen LogP contribution is -2.35. The molecule has 0 saturated carbocycles. The molecule has 0 aromatic carbocycles. The molecule has 0 saturated heterocycles. The van der Waals surface area contributed by atoms with Crippen molar-refractivity contribution in [3.05, 3.63) is 0 Å². The van der Waals surface area contributed by atoms with Gasteiger partial charge in [-0.05, 0) is 13.8 Å². The Kier molecular flexibility index (Phi) is 4.45. The van der Waals surface area contributed by atoms with Crippen LogP contribution >= 0.6 is 0 Å². The predicted octanol–water partition coefficient (Wildman–Crippen LogP) is 3.04. The molecule has 96 valence electrons. The summed E-state index contributed by atoms with van der Waals surface area (Å²) in [6.07, 6.45) is -16.8. The number of carbonyl (C=O) groups is 1. The topological polar surface area (TPSA) is 35.5 Å². The minimum atomic E-state index is -4.85. The van der Waals surface area contributed by atoms with Gasteiger partial charge in [-0.25, -0.2) is 4.79 Å². The number of halogens is 6. The van der Waals surface area contributed by atoms with Gasteiger partial charge in [0.2, 0.25) is 0 Å². The molecule has 0 aromatic rings. The first-order valence-electron chi connectivity index (χ1n) is 3.95. The molecule has 0 N–H and O–H groups in total. The van der Waals surface area contributed by atoms with Crippen molar-refractivity contribution in [1.29, 1.82) is 0 Å². The molecule has 0 bridgehead atoms. The van der Waals surface area contributed by atoms with Crippen molar-refractivity contribution >= 4 is 6.16 Å². The molecule has 9 heteroatoms. The van der Waals surface area contributed by atoms with Crippen LogP contribution in [0.3, 0.4) is 0 Å². The zero-order chi connectivity index (χ0) is 13.1. The van der Waals surface area contributed by atoms with Crippen LogP contribution in [0.4, 0.5) is 31.1 Å². The highest BCUT2D eigenvalue weighted by molar-refractivity contribution is 5.60. The van der Waals surface area contributed by atoms with Crippen molar-refractivity contribution in [3.63, 3.8) is 0 Å². The van der Waals surface area contributed by atoms with Gasteiger partial charge in [-0.1, -0.05) is 0 Å². The van der Waals surface area contributed by atoms with Gasteiger partial charge in [0, 0.05) is 0 Å². The molecule has 0 spiro atoms. The van der Waals surface area contributed by atoms with Gasteiger partial charge in [-0.2, -0.15) is 26.3 Å². The maximum Gasteiger partial charge on any atom is 0.509 e. The summed E-state index contributed by atoms with van der Waals surface area (Å²) in [4.78, 5) is 10.5. The Labute approximate surface area is 86.3 Å². The number of alkyl halides is 6. The summed E-state index contributed by atoms with van der Waals surface area (Å²) in [6, 6.07) is 0. The highest BCUT2D eigenvalue weighted by atomic mass is 19.4. The molecule has 0 aliphatic rings. The number of ether oxygens (including phenoxy) is 2. The summed E-state index contributed by atoms with van der Waals surface area (Å²) in [5, 5.41) is 0. The summed E-state index contributed by atoms with van der Waals surface area (Å²) < 4.78 is 78.1.